The number of carbonyl (C=O) groups excluding carboxylic acids is 1. The molecule has 0 bridgehead atoms. The fourth-order valence-electron chi connectivity index (χ4n) is 3.40. The van der Waals surface area contributed by atoms with Gasteiger partial charge >= 0.3 is 5.97 Å². The Bertz CT molecular complexity index is 904. The van der Waals surface area contributed by atoms with E-state index in [1.165, 1.54) is 10.7 Å². The van der Waals surface area contributed by atoms with E-state index in [0.29, 0.717) is 31.7 Å². The molecule has 1 aromatic carbocycles. The molecule has 1 aliphatic heterocycles. The molecule has 1 amide bonds. The quantitative estimate of drug-likeness (QED) is 0.778. The van der Waals surface area contributed by atoms with Crippen LogP contribution in [0.15, 0.2) is 41.2 Å². The maximum atomic E-state index is 12.6. The molecule has 0 aliphatic carbocycles. The summed E-state index contributed by atoms with van der Waals surface area (Å²) in [6.07, 6.45) is 1.27. The van der Waals surface area contributed by atoms with Crippen molar-refractivity contribution in [3.8, 4) is 5.69 Å². The van der Waals surface area contributed by atoms with Crippen molar-refractivity contribution >= 4 is 11.9 Å². The Balaban J connectivity index is 1.78. The Labute approximate surface area is 162 Å². The minimum absolute atomic E-state index is 0.0564. The Kier molecular flexibility index (Phi) is 6.20. The van der Waals surface area contributed by atoms with Crippen molar-refractivity contribution in [1.82, 2.24) is 15.1 Å². The largest absolute Gasteiger partial charge is 0.481 e. The zero-order valence-corrected chi connectivity index (χ0v) is 15.6. The van der Waals surface area contributed by atoms with E-state index in [-0.39, 0.29) is 18.2 Å². The standard InChI is InChI=1S/C20H23N3O5/c1-13-11-17(24)18(22-23(13)15-5-3-2-4-6-15)19(25)21-12-16(20(26)27)14-7-9-28-10-8-14/h2-6,11,14,16H,7-10,12H2,1H3,(H,21,25)(H,26,27). The molecule has 2 N–H and O–H groups in total. The van der Waals surface area contributed by atoms with Gasteiger partial charge in [-0.3, -0.25) is 14.4 Å². The molecule has 2 aromatic rings. The van der Waals surface area contributed by atoms with Gasteiger partial charge in [0.25, 0.3) is 5.91 Å². The van der Waals surface area contributed by atoms with Gasteiger partial charge in [0.05, 0.1) is 11.6 Å². The van der Waals surface area contributed by atoms with Gasteiger partial charge in [-0.15, -0.1) is 0 Å². The summed E-state index contributed by atoms with van der Waals surface area (Å²) in [6.45, 7) is 2.71. The SMILES string of the molecule is Cc1cc(=O)c(C(=O)NCC(C(=O)O)C2CCOCC2)nn1-c1ccccc1. The van der Waals surface area contributed by atoms with E-state index in [4.69, 9.17) is 4.74 Å². The average molecular weight is 385 g/mol. The molecule has 0 spiro atoms. The van der Waals surface area contributed by atoms with Crippen LogP contribution in [0.1, 0.15) is 29.0 Å². The number of aromatic nitrogens is 2. The molecule has 0 radical (unpaired) electrons. The number of carbonyl (C=O) groups is 2. The van der Waals surface area contributed by atoms with Gasteiger partial charge < -0.3 is 15.2 Å². The predicted octanol–water partition coefficient (Wildman–Crippen LogP) is 1.40. The minimum atomic E-state index is -0.967. The number of aliphatic carboxylic acids is 1. The van der Waals surface area contributed by atoms with Gasteiger partial charge in [0, 0.05) is 31.5 Å². The zero-order valence-electron chi connectivity index (χ0n) is 15.6. The van der Waals surface area contributed by atoms with Crippen LogP contribution in [0.4, 0.5) is 0 Å². The molecule has 1 fully saturated rings. The van der Waals surface area contributed by atoms with Crippen LogP contribution >= 0.6 is 0 Å². The molecule has 8 heteroatoms. The van der Waals surface area contributed by atoms with Crippen LogP contribution in [0.2, 0.25) is 0 Å². The first kappa shape index (κ1) is 19.8. The summed E-state index contributed by atoms with van der Waals surface area (Å²) < 4.78 is 6.79. The van der Waals surface area contributed by atoms with Crippen LogP contribution in [0.25, 0.3) is 5.69 Å². The second kappa shape index (κ2) is 8.79. The van der Waals surface area contributed by atoms with Gasteiger partial charge in [0.15, 0.2) is 5.69 Å². The first-order valence-electron chi connectivity index (χ1n) is 9.22. The number of rotatable bonds is 6. The third-order valence-corrected chi connectivity index (χ3v) is 4.96. The Hall–Kier alpha value is -3.00. The van der Waals surface area contributed by atoms with Crippen LogP contribution in [0.5, 0.6) is 0 Å². The van der Waals surface area contributed by atoms with E-state index < -0.39 is 23.2 Å². The highest BCUT2D eigenvalue weighted by molar-refractivity contribution is 5.92. The number of aryl methyl sites for hydroxylation is 1. The van der Waals surface area contributed by atoms with E-state index >= 15 is 0 Å². The number of carboxylic acid groups (broad SMARTS) is 1. The van der Waals surface area contributed by atoms with Crippen LogP contribution in [-0.4, -0.2) is 46.5 Å². The van der Waals surface area contributed by atoms with E-state index in [1.54, 1.807) is 6.92 Å². The topological polar surface area (TPSA) is 111 Å². The Morgan fingerprint density at radius 2 is 1.96 bits per heavy atom. The number of hydrogen-bond donors (Lipinski definition) is 2. The van der Waals surface area contributed by atoms with Gasteiger partial charge in [-0.1, -0.05) is 18.2 Å². The Morgan fingerprint density at radius 1 is 1.29 bits per heavy atom. The Morgan fingerprint density at radius 3 is 2.61 bits per heavy atom. The van der Waals surface area contributed by atoms with Crippen molar-refractivity contribution in [2.75, 3.05) is 19.8 Å². The number of carboxylic acids is 1. The summed E-state index contributed by atoms with van der Waals surface area (Å²) in [5.74, 6) is -2.44. The third-order valence-electron chi connectivity index (χ3n) is 4.96. The molecule has 1 atom stereocenters. The normalized spacial score (nSPS) is 15.8. The monoisotopic (exact) mass is 385 g/mol. The van der Waals surface area contributed by atoms with Gasteiger partial charge in [0.2, 0.25) is 5.43 Å². The van der Waals surface area contributed by atoms with E-state index in [1.807, 2.05) is 30.3 Å². The van der Waals surface area contributed by atoms with E-state index in [2.05, 4.69) is 10.4 Å². The molecule has 1 unspecified atom stereocenters. The number of amides is 1. The molecule has 1 aromatic heterocycles. The highest BCUT2D eigenvalue weighted by Gasteiger charge is 2.30. The highest BCUT2D eigenvalue weighted by Crippen LogP contribution is 2.23. The summed E-state index contributed by atoms with van der Waals surface area (Å²) in [6, 6.07) is 10.5. The number of hydrogen-bond acceptors (Lipinski definition) is 5. The summed E-state index contributed by atoms with van der Waals surface area (Å²) >= 11 is 0. The van der Waals surface area contributed by atoms with Crippen LogP contribution in [-0.2, 0) is 9.53 Å². The van der Waals surface area contributed by atoms with Gasteiger partial charge in [-0.2, -0.15) is 5.10 Å². The summed E-state index contributed by atoms with van der Waals surface area (Å²) in [5, 5.41) is 16.3. The number of benzene rings is 1. The summed E-state index contributed by atoms with van der Waals surface area (Å²) in [7, 11) is 0. The molecule has 1 aliphatic rings. The number of nitrogens with zero attached hydrogens (tertiary/aromatic N) is 2. The van der Waals surface area contributed by atoms with Crippen molar-refractivity contribution in [3.05, 3.63) is 58.0 Å². The number of para-hydroxylation sites is 1. The predicted molar refractivity (Wildman–Crippen MR) is 102 cm³/mol. The maximum Gasteiger partial charge on any atom is 0.308 e. The average Bonchev–Trinajstić information content (AvgIpc) is 2.69. The molecule has 28 heavy (non-hydrogen) atoms. The van der Waals surface area contributed by atoms with Crippen LogP contribution in [0, 0.1) is 18.8 Å². The maximum absolute atomic E-state index is 12.6. The third kappa shape index (κ3) is 4.45. The van der Waals surface area contributed by atoms with E-state index in [9.17, 15) is 19.5 Å². The second-order valence-electron chi connectivity index (χ2n) is 6.85. The molecule has 1 saturated heterocycles. The van der Waals surface area contributed by atoms with Gasteiger partial charge in [-0.05, 0) is 37.8 Å². The lowest BCUT2D eigenvalue weighted by Gasteiger charge is -2.27. The first-order chi connectivity index (χ1) is 13.5. The van der Waals surface area contributed by atoms with Crippen molar-refractivity contribution in [3.63, 3.8) is 0 Å². The number of ether oxygens (including phenoxy) is 1. The molecule has 8 nitrogen and oxygen atoms in total. The minimum Gasteiger partial charge on any atom is -0.481 e. The summed E-state index contributed by atoms with van der Waals surface area (Å²) in [5.41, 5.74) is 0.559. The summed E-state index contributed by atoms with van der Waals surface area (Å²) in [4.78, 5) is 36.5. The smallest absolute Gasteiger partial charge is 0.308 e. The van der Waals surface area contributed by atoms with Crippen LogP contribution in [0.3, 0.4) is 0 Å². The fourth-order valence-corrected chi connectivity index (χ4v) is 3.40. The second-order valence-corrected chi connectivity index (χ2v) is 6.85. The molecule has 148 valence electrons. The molecule has 2 heterocycles. The molecular formula is C20H23N3O5. The lowest BCUT2D eigenvalue weighted by molar-refractivity contribution is -0.144. The first-order valence-corrected chi connectivity index (χ1v) is 9.22. The lowest BCUT2D eigenvalue weighted by atomic mass is 9.86. The molecule has 0 saturated carbocycles. The van der Waals surface area contributed by atoms with E-state index in [0.717, 1.165) is 5.69 Å². The molecule has 3 rings (SSSR count). The van der Waals surface area contributed by atoms with Gasteiger partial charge in [0.1, 0.15) is 0 Å². The van der Waals surface area contributed by atoms with Crippen molar-refractivity contribution in [2.24, 2.45) is 11.8 Å². The number of nitrogens with one attached hydrogen (secondary N) is 1. The van der Waals surface area contributed by atoms with Gasteiger partial charge in [-0.25, -0.2) is 4.68 Å². The lowest BCUT2D eigenvalue weighted by Crippen LogP contribution is -2.40. The zero-order chi connectivity index (χ0) is 20.1. The molecular weight excluding hydrogens is 362 g/mol. The van der Waals surface area contributed by atoms with Crippen molar-refractivity contribution in [1.29, 1.82) is 0 Å². The fraction of sp³-hybridized carbons (Fsp3) is 0.400. The van der Waals surface area contributed by atoms with Crippen LogP contribution < -0.4 is 10.7 Å². The highest BCUT2D eigenvalue weighted by atomic mass is 16.5. The van der Waals surface area contributed by atoms with Crippen molar-refractivity contribution in [2.45, 2.75) is 19.8 Å². The van der Waals surface area contributed by atoms with Crippen molar-refractivity contribution < 1.29 is 19.4 Å².